The summed E-state index contributed by atoms with van der Waals surface area (Å²) < 4.78 is 34.3. The second kappa shape index (κ2) is 11.6. The van der Waals surface area contributed by atoms with Crippen LogP contribution in [0.3, 0.4) is 0 Å². The van der Waals surface area contributed by atoms with Gasteiger partial charge in [-0.2, -0.15) is 4.31 Å². The molecule has 0 radical (unpaired) electrons. The minimum Gasteiger partial charge on any atom is -0.467 e. The van der Waals surface area contributed by atoms with E-state index >= 15 is 0 Å². The van der Waals surface area contributed by atoms with Gasteiger partial charge in [0.25, 0.3) is 5.91 Å². The molecule has 2 heterocycles. The number of hydrogen-bond acceptors (Lipinski definition) is 7. The highest BCUT2D eigenvalue weighted by Crippen LogP contribution is 2.35. The molecule has 0 spiro atoms. The molecule has 0 fully saturated rings. The Kier molecular flexibility index (Phi) is 8.50. The molecule has 190 valence electrons. The number of benzene rings is 2. The largest absolute Gasteiger partial charge is 0.467 e. The monoisotopic (exact) mass is 543 g/mol. The number of furan rings is 1. The zero-order valence-electron chi connectivity index (χ0n) is 20.5. The number of anilines is 1. The Balaban J connectivity index is 1.68. The summed E-state index contributed by atoms with van der Waals surface area (Å²) in [6.07, 6.45) is 5.04. The summed E-state index contributed by atoms with van der Waals surface area (Å²) in [7, 11) is -3.63. The van der Waals surface area contributed by atoms with Crippen LogP contribution in [0.15, 0.2) is 75.1 Å². The van der Waals surface area contributed by atoms with E-state index < -0.39 is 10.0 Å². The fraction of sp³-hybridized carbons (Fsp3) is 0.308. The lowest BCUT2D eigenvalue weighted by Crippen LogP contribution is -2.33. The van der Waals surface area contributed by atoms with Crippen LogP contribution in [0.25, 0.3) is 10.2 Å². The highest BCUT2D eigenvalue weighted by molar-refractivity contribution is 7.98. The van der Waals surface area contributed by atoms with E-state index in [1.807, 2.05) is 44.4 Å². The van der Waals surface area contributed by atoms with E-state index in [4.69, 9.17) is 9.40 Å². The summed E-state index contributed by atoms with van der Waals surface area (Å²) in [5.74, 6) is 0.348. The molecule has 0 aliphatic heterocycles. The zero-order valence-corrected chi connectivity index (χ0v) is 23.0. The average molecular weight is 544 g/mol. The van der Waals surface area contributed by atoms with Crippen molar-refractivity contribution in [3.05, 3.63) is 72.2 Å². The van der Waals surface area contributed by atoms with Crippen LogP contribution in [0.1, 0.15) is 42.8 Å². The van der Waals surface area contributed by atoms with Gasteiger partial charge in [0.1, 0.15) is 5.76 Å². The smallest absolute Gasteiger partial charge is 0.260 e. The molecule has 0 N–H and O–H groups in total. The second-order valence-electron chi connectivity index (χ2n) is 8.20. The highest BCUT2D eigenvalue weighted by Gasteiger charge is 2.26. The number of thiazole rings is 1. The molecule has 0 saturated carbocycles. The van der Waals surface area contributed by atoms with Gasteiger partial charge in [-0.1, -0.05) is 31.3 Å². The molecule has 0 atom stereocenters. The maximum Gasteiger partial charge on any atom is 0.260 e. The Bertz CT molecular complexity index is 1410. The van der Waals surface area contributed by atoms with E-state index in [2.05, 4.69) is 0 Å². The first-order valence-corrected chi connectivity index (χ1v) is 15.2. The van der Waals surface area contributed by atoms with E-state index in [-0.39, 0.29) is 17.3 Å². The van der Waals surface area contributed by atoms with Crippen LogP contribution in [0.2, 0.25) is 0 Å². The summed E-state index contributed by atoms with van der Waals surface area (Å²) >= 11 is 3.05. The Labute approximate surface area is 220 Å². The van der Waals surface area contributed by atoms with Crippen LogP contribution in [0.4, 0.5) is 5.13 Å². The Hall–Kier alpha value is -2.66. The van der Waals surface area contributed by atoms with Crippen LogP contribution < -0.4 is 4.90 Å². The average Bonchev–Trinajstić information content (AvgIpc) is 3.56. The predicted molar refractivity (Wildman–Crippen MR) is 146 cm³/mol. The van der Waals surface area contributed by atoms with Crippen LogP contribution in [0.5, 0.6) is 0 Å². The van der Waals surface area contributed by atoms with Gasteiger partial charge in [0.05, 0.1) is 27.9 Å². The van der Waals surface area contributed by atoms with Crippen molar-refractivity contribution >= 4 is 54.4 Å². The number of thioether (sulfide) groups is 1. The molecule has 10 heteroatoms. The number of carbonyl (C=O) groups excluding carboxylic acids is 1. The van der Waals surface area contributed by atoms with Gasteiger partial charge in [-0.05, 0) is 67.6 Å². The first-order valence-electron chi connectivity index (χ1n) is 11.8. The second-order valence-corrected chi connectivity index (χ2v) is 12.0. The lowest BCUT2D eigenvalue weighted by atomic mass is 10.2. The number of hydrogen-bond donors (Lipinski definition) is 0. The topological polar surface area (TPSA) is 83.7 Å². The summed E-state index contributed by atoms with van der Waals surface area (Å²) in [6, 6.07) is 15.7. The van der Waals surface area contributed by atoms with Crippen LogP contribution >= 0.6 is 23.1 Å². The fourth-order valence-corrected chi connectivity index (χ4v) is 7.14. The van der Waals surface area contributed by atoms with Crippen molar-refractivity contribution in [3.8, 4) is 0 Å². The molecule has 0 aliphatic rings. The number of para-hydroxylation sites is 1. The van der Waals surface area contributed by atoms with E-state index in [9.17, 15) is 13.2 Å². The van der Waals surface area contributed by atoms with Crippen molar-refractivity contribution in [1.82, 2.24) is 9.29 Å². The number of carbonyl (C=O) groups is 1. The predicted octanol–water partition coefficient (Wildman–Crippen LogP) is 6.27. The van der Waals surface area contributed by atoms with E-state index in [1.165, 1.54) is 27.8 Å². The van der Waals surface area contributed by atoms with Crippen molar-refractivity contribution in [1.29, 1.82) is 0 Å². The van der Waals surface area contributed by atoms with Crippen molar-refractivity contribution in [2.24, 2.45) is 0 Å². The molecule has 7 nitrogen and oxygen atoms in total. The molecule has 0 saturated heterocycles. The van der Waals surface area contributed by atoms with Gasteiger partial charge in [0.2, 0.25) is 10.0 Å². The molecule has 4 rings (SSSR count). The third-order valence-electron chi connectivity index (χ3n) is 5.65. The minimum atomic E-state index is -3.63. The van der Waals surface area contributed by atoms with Gasteiger partial charge in [-0.25, -0.2) is 13.4 Å². The highest BCUT2D eigenvalue weighted by atomic mass is 32.2. The van der Waals surface area contributed by atoms with Gasteiger partial charge in [-0.3, -0.25) is 9.69 Å². The molecule has 1 amide bonds. The van der Waals surface area contributed by atoms with Gasteiger partial charge < -0.3 is 4.42 Å². The van der Waals surface area contributed by atoms with Crippen LogP contribution in [-0.4, -0.2) is 43.0 Å². The van der Waals surface area contributed by atoms with E-state index in [1.54, 1.807) is 41.1 Å². The Morgan fingerprint density at radius 1 is 1.03 bits per heavy atom. The van der Waals surface area contributed by atoms with Crippen LogP contribution in [-0.2, 0) is 16.6 Å². The standard InChI is InChI=1S/C26H29N3O4S3/c1-4-15-28(16-5-2)36(31,32)21-13-11-19(12-14-21)25(30)29(18-20-8-7-17-33-20)26-27-24-22(34-3)9-6-10-23(24)35-26/h6-14,17H,4-5,15-16,18H2,1-3H3. The molecule has 4 aromatic rings. The first-order chi connectivity index (χ1) is 17.4. The van der Waals surface area contributed by atoms with Crippen molar-refractivity contribution in [2.75, 3.05) is 24.2 Å². The number of amides is 1. The zero-order chi connectivity index (χ0) is 25.7. The third-order valence-corrected chi connectivity index (χ3v) is 9.37. The first kappa shape index (κ1) is 26.4. The molecular weight excluding hydrogens is 515 g/mol. The SMILES string of the molecule is CCCN(CCC)S(=O)(=O)c1ccc(C(=O)N(Cc2ccco2)c2nc3c(SC)cccc3s2)cc1. The third kappa shape index (κ3) is 5.51. The molecule has 0 aliphatic carbocycles. The number of aromatic nitrogens is 1. The minimum absolute atomic E-state index is 0.183. The van der Waals surface area contributed by atoms with Gasteiger partial charge in [0.15, 0.2) is 5.13 Å². The summed E-state index contributed by atoms with van der Waals surface area (Å²) in [6.45, 7) is 5.05. The molecule has 36 heavy (non-hydrogen) atoms. The van der Waals surface area contributed by atoms with Gasteiger partial charge in [-0.15, -0.1) is 11.8 Å². The number of nitrogens with zero attached hydrogens (tertiary/aromatic N) is 3. The Morgan fingerprint density at radius 2 is 1.75 bits per heavy atom. The van der Waals surface area contributed by atoms with Gasteiger partial charge >= 0.3 is 0 Å². The van der Waals surface area contributed by atoms with E-state index in [0.29, 0.717) is 29.5 Å². The van der Waals surface area contributed by atoms with Crippen molar-refractivity contribution in [2.45, 2.75) is 43.0 Å². The van der Waals surface area contributed by atoms with E-state index in [0.717, 1.165) is 28.0 Å². The summed E-state index contributed by atoms with van der Waals surface area (Å²) in [4.78, 5) is 21.3. The maximum absolute atomic E-state index is 13.7. The summed E-state index contributed by atoms with van der Waals surface area (Å²) in [5.41, 5.74) is 1.23. The van der Waals surface area contributed by atoms with Crippen molar-refractivity contribution in [3.63, 3.8) is 0 Å². The molecule has 0 bridgehead atoms. The lowest BCUT2D eigenvalue weighted by molar-refractivity contribution is 0.0983. The Morgan fingerprint density at radius 3 is 2.36 bits per heavy atom. The number of rotatable bonds is 11. The lowest BCUT2D eigenvalue weighted by Gasteiger charge is -2.21. The quantitative estimate of drug-likeness (QED) is 0.207. The maximum atomic E-state index is 13.7. The van der Waals surface area contributed by atoms with Crippen molar-refractivity contribution < 1.29 is 17.6 Å². The fourth-order valence-electron chi connectivity index (χ4n) is 3.90. The molecule has 0 unspecified atom stereocenters. The summed E-state index contributed by atoms with van der Waals surface area (Å²) in [5, 5.41) is 0.557. The van der Waals surface area contributed by atoms with Gasteiger partial charge in [0, 0.05) is 23.5 Å². The number of fused-ring (bicyclic) bond motifs is 1. The normalized spacial score (nSPS) is 11.9. The molecule has 2 aromatic carbocycles. The molecule has 2 aromatic heterocycles. The molecular formula is C26H29N3O4S3. The van der Waals surface area contributed by atoms with Crippen LogP contribution in [0, 0.1) is 0 Å². The number of sulfonamides is 1.